The molecule has 19 heavy (non-hydrogen) atoms. The Morgan fingerprint density at radius 1 is 1.21 bits per heavy atom. The van der Waals surface area contributed by atoms with Crippen LogP contribution in [0.1, 0.15) is 15.9 Å². The van der Waals surface area contributed by atoms with Crippen LogP contribution < -0.4 is 4.74 Å². The molecule has 0 fully saturated rings. The molecule has 2 aromatic rings. The van der Waals surface area contributed by atoms with E-state index in [1.54, 1.807) is 24.3 Å². The van der Waals surface area contributed by atoms with E-state index in [1.165, 1.54) is 12.1 Å². The highest BCUT2D eigenvalue weighted by Crippen LogP contribution is 2.32. The summed E-state index contributed by atoms with van der Waals surface area (Å²) in [6, 6.07) is 9.63. The number of phenols is 1. The van der Waals surface area contributed by atoms with Crippen molar-refractivity contribution in [2.24, 2.45) is 0 Å². The minimum absolute atomic E-state index is 0.152. The van der Waals surface area contributed by atoms with Gasteiger partial charge in [-0.15, -0.1) is 0 Å². The van der Waals surface area contributed by atoms with Gasteiger partial charge in [0.25, 0.3) is 0 Å². The van der Waals surface area contributed by atoms with Gasteiger partial charge in [0.1, 0.15) is 18.1 Å². The van der Waals surface area contributed by atoms with Crippen molar-refractivity contribution in [3.63, 3.8) is 0 Å². The topological polar surface area (TPSA) is 46.5 Å². The molecule has 5 heteroatoms. The average Bonchev–Trinajstić information content (AvgIpc) is 2.37. The molecular formula is C14H10Cl2O3. The molecule has 0 spiro atoms. The first-order valence-electron chi connectivity index (χ1n) is 5.45. The summed E-state index contributed by atoms with van der Waals surface area (Å²) >= 11 is 11.8. The number of phenolic OH excluding ortho intramolecular Hbond substituents is 1. The first kappa shape index (κ1) is 13.7. The van der Waals surface area contributed by atoms with Crippen LogP contribution in [-0.2, 0) is 6.61 Å². The Hall–Kier alpha value is -1.71. The van der Waals surface area contributed by atoms with Gasteiger partial charge in [-0.05, 0) is 29.8 Å². The third-order valence-corrected chi connectivity index (χ3v) is 2.96. The molecule has 0 heterocycles. The van der Waals surface area contributed by atoms with Crippen LogP contribution in [0, 0.1) is 0 Å². The first-order valence-corrected chi connectivity index (χ1v) is 6.20. The Bertz CT molecular complexity index is 612. The third kappa shape index (κ3) is 3.40. The number of hydrogen-bond acceptors (Lipinski definition) is 3. The monoisotopic (exact) mass is 296 g/mol. The number of carbonyl (C=O) groups excluding carboxylic acids is 1. The molecule has 0 aliphatic carbocycles. The van der Waals surface area contributed by atoms with Gasteiger partial charge in [-0.1, -0.05) is 35.3 Å². The van der Waals surface area contributed by atoms with Gasteiger partial charge in [-0.3, -0.25) is 4.79 Å². The molecule has 0 atom stereocenters. The maximum atomic E-state index is 11.0. The van der Waals surface area contributed by atoms with Gasteiger partial charge in [0.15, 0.2) is 6.29 Å². The number of aromatic hydroxyl groups is 1. The number of rotatable bonds is 4. The summed E-state index contributed by atoms with van der Waals surface area (Å²) in [6.45, 7) is 0.191. The minimum atomic E-state index is 0.152. The van der Waals surface area contributed by atoms with E-state index in [0.717, 1.165) is 5.56 Å². The van der Waals surface area contributed by atoms with Gasteiger partial charge < -0.3 is 9.84 Å². The fraction of sp³-hybridized carbons (Fsp3) is 0.0714. The van der Waals surface area contributed by atoms with E-state index in [-0.39, 0.29) is 28.7 Å². The Kier molecular flexibility index (Phi) is 4.30. The lowest BCUT2D eigenvalue weighted by Gasteiger charge is -2.11. The zero-order chi connectivity index (χ0) is 13.8. The molecule has 2 aromatic carbocycles. The maximum Gasteiger partial charge on any atom is 0.153 e. The Morgan fingerprint density at radius 3 is 2.68 bits per heavy atom. The molecular weight excluding hydrogens is 287 g/mol. The summed E-state index contributed by atoms with van der Waals surface area (Å²) in [7, 11) is 0. The van der Waals surface area contributed by atoms with E-state index < -0.39 is 0 Å². The van der Waals surface area contributed by atoms with Crippen molar-refractivity contribution < 1.29 is 14.6 Å². The summed E-state index contributed by atoms with van der Waals surface area (Å²) in [5.74, 6) is 0.434. The summed E-state index contributed by atoms with van der Waals surface area (Å²) in [5.41, 5.74) is 1.06. The summed E-state index contributed by atoms with van der Waals surface area (Å²) in [6.07, 6.45) is 0.634. The molecule has 3 nitrogen and oxygen atoms in total. The van der Waals surface area contributed by atoms with Crippen LogP contribution in [0.25, 0.3) is 0 Å². The van der Waals surface area contributed by atoms with Crippen molar-refractivity contribution in [2.75, 3.05) is 0 Å². The smallest absolute Gasteiger partial charge is 0.153 e. The summed E-state index contributed by atoms with van der Waals surface area (Å²) in [4.78, 5) is 11.0. The predicted octanol–water partition coefficient (Wildman–Crippen LogP) is 4.09. The van der Waals surface area contributed by atoms with Gasteiger partial charge in [-0.25, -0.2) is 0 Å². The normalized spacial score (nSPS) is 10.2. The first-order chi connectivity index (χ1) is 9.10. The Balaban J connectivity index is 2.22. The van der Waals surface area contributed by atoms with Crippen LogP contribution in [0.3, 0.4) is 0 Å². The van der Waals surface area contributed by atoms with E-state index >= 15 is 0 Å². The molecule has 0 saturated carbocycles. The second-order valence-corrected chi connectivity index (χ2v) is 4.73. The van der Waals surface area contributed by atoms with Gasteiger partial charge in [0, 0.05) is 5.02 Å². The van der Waals surface area contributed by atoms with E-state index in [1.807, 2.05) is 0 Å². The lowest BCUT2D eigenvalue weighted by atomic mass is 10.2. The number of ether oxygens (including phenoxy) is 1. The van der Waals surface area contributed by atoms with Crippen LogP contribution in [0.5, 0.6) is 11.5 Å². The fourth-order valence-corrected chi connectivity index (χ4v) is 2.19. The third-order valence-electron chi connectivity index (χ3n) is 2.46. The molecule has 98 valence electrons. The Labute approximate surface area is 120 Å². The number of carbonyl (C=O) groups is 1. The van der Waals surface area contributed by atoms with E-state index in [0.29, 0.717) is 11.3 Å². The number of hydrogen-bond donors (Lipinski definition) is 1. The standard InChI is InChI=1S/C14H10Cl2O3/c15-11-5-10(7-17)14(13(16)6-11)19-8-9-2-1-3-12(18)4-9/h1-7,18H,8H2. The highest BCUT2D eigenvalue weighted by Gasteiger charge is 2.10. The van der Waals surface area contributed by atoms with Crippen molar-refractivity contribution >= 4 is 29.5 Å². The van der Waals surface area contributed by atoms with Crippen molar-refractivity contribution in [1.82, 2.24) is 0 Å². The summed E-state index contributed by atoms with van der Waals surface area (Å²) < 4.78 is 5.52. The van der Waals surface area contributed by atoms with Crippen molar-refractivity contribution in [3.8, 4) is 11.5 Å². The number of benzene rings is 2. The lowest BCUT2D eigenvalue weighted by molar-refractivity contribution is 0.111. The van der Waals surface area contributed by atoms with E-state index in [2.05, 4.69) is 0 Å². The molecule has 0 aromatic heterocycles. The van der Waals surface area contributed by atoms with Gasteiger partial charge in [-0.2, -0.15) is 0 Å². The molecule has 0 radical (unpaired) electrons. The highest BCUT2D eigenvalue weighted by molar-refractivity contribution is 6.36. The second-order valence-electron chi connectivity index (χ2n) is 3.88. The zero-order valence-corrected chi connectivity index (χ0v) is 11.3. The quantitative estimate of drug-likeness (QED) is 0.865. The molecule has 0 aliphatic heterocycles. The maximum absolute atomic E-state index is 11.0. The van der Waals surface area contributed by atoms with Gasteiger partial charge in [0.05, 0.1) is 10.6 Å². The van der Waals surface area contributed by atoms with Gasteiger partial charge in [0.2, 0.25) is 0 Å². The van der Waals surface area contributed by atoms with Gasteiger partial charge >= 0.3 is 0 Å². The van der Waals surface area contributed by atoms with Crippen molar-refractivity contribution in [3.05, 3.63) is 57.6 Å². The molecule has 0 aliphatic rings. The molecule has 0 bridgehead atoms. The fourth-order valence-electron chi connectivity index (χ4n) is 1.62. The molecule has 0 unspecified atom stereocenters. The van der Waals surface area contributed by atoms with Crippen LogP contribution in [0.2, 0.25) is 10.0 Å². The largest absolute Gasteiger partial charge is 0.508 e. The SMILES string of the molecule is O=Cc1cc(Cl)cc(Cl)c1OCc1cccc(O)c1. The van der Waals surface area contributed by atoms with E-state index in [4.69, 9.17) is 27.9 Å². The van der Waals surface area contributed by atoms with Crippen molar-refractivity contribution in [2.45, 2.75) is 6.61 Å². The number of halogens is 2. The van der Waals surface area contributed by atoms with Crippen LogP contribution in [0.15, 0.2) is 36.4 Å². The molecule has 1 N–H and O–H groups in total. The summed E-state index contributed by atoms with van der Waals surface area (Å²) in [5, 5.41) is 9.99. The van der Waals surface area contributed by atoms with Crippen LogP contribution in [0.4, 0.5) is 0 Å². The average molecular weight is 297 g/mol. The molecule has 0 amide bonds. The number of aldehydes is 1. The van der Waals surface area contributed by atoms with Crippen LogP contribution >= 0.6 is 23.2 Å². The van der Waals surface area contributed by atoms with Crippen LogP contribution in [-0.4, -0.2) is 11.4 Å². The minimum Gasteiger partial charge on any atom is -0.508 e. The molecule has 2 rings (SSSR count). The highest BCUT2D eigenvalue weighted by atomic mass is 35.5. The van der Waals surface area contributed by atoms with Crippen molar-refractivity contribution in [1.29, 1.82) is 0 Å². The second kappa shape index (κ2) is 5.95. The molecule has 0 saturated heterocycles. The predicted molar refractivity (Wildman–Crippen MR) is 74.3 cm³/mol. The zero-order valence-electron chi connectivity index (χ0n) is 9.77. The lowest BCUT2D eigenvalue weighted by Crippen LogP contribution is -1.99. The van der Waals surface area contributed by atoms with E-state index in [9.17, 15) is 9.90 Å². The Morgan fingerprint density at radius 2 is 2.00 bits per heavy atom.